The maximum Gasteiger partial charge on any atom is 0.224 e. The van der Waals surface area contributed by atoms with Crippen LogP contribution in [-0.4, -0.2) is 12.5 Å². The minimum atomic E-state index is -1.57. The van der Waals surface area contributed by atoms with Crippen LogP contribution in [0.1, 0.15) is 43.0 Å². The van der Waals surface area contributed by atoms with E-state index in [0.29, 0.717) is 0 Å². The van der Waals surface area contributed by atoms with Gasteiger partial charge in [0.1, 0.15) is 7.05 Å². The molecular weight excluding hydrogens is 452 g/mol. The highest BCUT2D eigenvalue weighted by atomic mass is 28.3. The number of rotatable bonds is 2. The lowest BCUT2D eigenvalue weighted by Crippen LogP contribution is -2.45. The first-order valence-electron chi connectivity index (χ1n) is 13.3. The number of aromatic nitrogens is 2. The molecule has 0 spiro atoms. The van der Waals surface area contributed by atoms with E-state index in [1.807, 2.05) is 0 Å². The SMILES string of the molecule is Cc1cc(C)c2c(c1C)c1c3c(ccc4c5c(CC(C)(C)C)cccc5n2c43)c([Si](C)(C)C)c[n+]1C. The third-order valence-electron chi connectivity index (χ3n) is 8.24. The molecule has 0 aliphatic carbocycles. The summed E-state index contributed by atoms with van der Waals surface area (Å²) in [5, 5.41) is 8.66. The average molecular weight is 492 g/mol. The molecule has 0 fully saturated rings. The Morgan fingerprint density at radius 1 is 0.833 bits per heavy atom. The van der Waals surface area contributed by atoms with Crippen molar-refractivity contribution in [2.24, 2.45) is 12.5 Å². The van der Waals surface area contributed by atoms with E-state index in [1.165, 1.54) is 71.3 Å². The fraction of sp³-hybridized carbons (Fsp3) is 0.364. The number of fused-ring (bicyclic) bond motifs is 6. The summed E-state index contributed by atoms with van der Waals surface area (Å²) < 4.78 is 5.06. The van der Waals surface area contributed by atoms with Gasteiger partial charge in [0.2, 0.25) is 5.52 Å². The lowest BCUT2D eigenvalue weighted by molar-refractivity contribution is -0.643. The monoisotopic (exact) mass is 491 g/mol. The molecule has 0 radical (unpaired) electrons. The molecule has 6 rings (SSSR count). The topological polar surface area (TPSA) is 8.29 Å². The van der Waals surface area contributed by atoms with Gasteiger partial charge in [-0.1, -0.05) is 70.7 Å². The molecule has 0 aliphatic rings. The fourth-order valence-electron chi connectivity index (χ4n) is 6.70. The smallest absolute Gasteiger partial charge is 0.224 e. The summed E-state index contributed by atoms with van der Waals surface area (Å²) in [6.07, 6.45) is 3.51. The van der Waals surface area contributed by atoms with Gasteiger partial charge >= 0.3 is 0 Å². The van der Waals surface area contributed by atoms with Crippen LogP contribution in [0.2, 0.25) is 19.6 Å². The highest BCUT2D eigenvalue weighted by Crippen LogP contribution is 2.43. The van der Waals surface area contributed by atoms with Crippen LogP contribution in [0, 0.1) is 26.2 Å². The summed E-state index contributed by atoms with van der Waals surface area (Å²) in [5.74, 6) is 0. The minimum Gasteiger partial charge on any atom is -0.307 e. The first-order valence-corrected chi connectivity index (χ1v) is 16.8. The van der Waals surface area contributed by atoms with Gasteiger partial charge in [-0.05, 0) is 66.3 Å². The standard InChI is InChI=1S/C33H39N2Si/c1-19-16-20(2)30-27(21(19)3)32-29-23(26(18-34(32)7)36(8,9)10)14-15-24-28-22(17-33(4,5)6)12-11-13-25(28)35(30)31(24)29/h11-16,18H,17H2,1-10H3/q+1. The quantitative estimate of drug-likeness (QED) is 0.101. The molecule has 0 unspecified atom stereocenters. The third-order valence-corrected chi connectivity index (χ3v) is 10.3. The first kappa shape index (κ1) is 23.5. The Bertz CT molecular complexity index is 1860. The average Bonchev–Trinajstić information content (AvgIpc) is 3.11. The molecule has 3 aromatic heterocycles. The Hall–Kier alpha value is -2.91. The molecule has 3 heteroatoms. The molecular formula is C33H39N2Si+. The van der Waals surface area contributed by atoms with E-state index in [-0.39, 0.29) is 5.41 Å². The van der Waals surface area contributed by atoms with Crippen LogP contribution in [0.3, 0.4) is 0 Å². The van der Waals surface area contributed by atoms with Gasteiger partial charge in [0.05, 0.1) is 35.4 Å². The van der Waals surface area contributed by atoms with Crippen LogP contribution >= 0.6 is 0 Å². The van der Waals surface area contributed by atoms with Crippen LogP contribution in [0.4, 0.5) is 0 Å². The van der Waals surface area contributed by atoms with Gasteiger partial charge in [-0.3, -0.25) is 0 Å². The second-order valence-corrected chi connectivity index (χ2v) is 18.4. The maximum absolute atomic E-state index is 2.62. The number of nitrogens with zero attached hydrogens (tertiary/aromatic N) is 2. The van der Waals surface area contributed by atoms with Crippen LogP contribution in [0.15, 0.2) is 42.6 Å². The Morgan fingerprint density at radius 3 is 2.19 bits per heavy atom. The Labute approximate surface area is 215 Å². The number of hydrogen-bond acceptors (Lipinski definition) is 0. The van der Waals surface area contributed by atoms with E-state index in [4.69, 9.17) is 0 Å². The number of benzene rings is 3. The third kappa shape index (κ3) is 3.11. The first-order chi connectivity index (χ1) is 16.8. The zero-order valence-electron chi connectivity index (χ0n) is 23.6. The molecule has 3 aromatic carbocycles. The molecule has 6 aromatic rings. The Kier molecular flexibility index (Phi) is 4.77. The van der Waals surface area contributed by atoms with Gasteiger partial charge in [-0.25, -0.2) is 4.57 Å². The van der Waals surface area contributed by atoms with Crippen LogP contribution in [-0.2, 0) is 13.5 Å². The molecule has 0 amide bonds. The maximum atomic E-state index is 2.62. The Morgan fingerprint density at radius 2 is 1.53 bits per heavy atom. The van der Waals surface area contributed by atoms with Crippen molar-refractivity contribution in [3.05, 3.63) is 64.8 Å². The van der Waals surface area contributed by atoms with Crippen molar-refractivity contribution < 1.29 is 4.57 Å². The Balaban J connectivity index is 2.02. The molecule has 2 nitrogen and oxygen atoms in total. The van der Waals surface area contributed by atoms with Crippen molar-refractivity contribution in [3.63, 3.8) is 0 Å². The van der Waals surface area contributed by atoms with Crippen LogP contribution in [0.5, 0.6) is 0 Å². The van der Waals surface area contributed by atoms with Crippen LogP contribution < -0.4 is 9.75 Å². The molecule has 0 N–H and O–H groups in total. The summed E-state index contributed by atoms with van der Waals surface area (Å²) in [6, 6.07) is 14.2. The molecule has 3 heterocycles. The van der Waals surface area contributed by atoms with Gasteiger partial charge in [0.25, 0.3) is 0 Å². The zero-order chi connectivity index (χ0) is 25.9. The summed E-state index contributed by atoms with van der Waals surface area (Å²) in [5.41, 5.74) is 11.3. The number of hydrogen-bond donors (Lipinski definition) is 0. The lowest BCUT2D eigenvalue weighted by Gasteiger charge is -2.21. The lowest BCUT2D eigenvalue weighted by atomic mass is 9.86. The molecule has 0 atom stereocenters. The summed E-state index contributed by atoms with van der Waals surface area (Å²) >= 11 is 0. The van der Waals surface area contributed by atoms with Crippen molar-refractivity contribution >= 4 is 62.3 Å². The van der Waals surface area contributed by atoms with E-state index in [9.17, 15) is 0 Å². The van der Waals surface area contributed by atoms with Gasteiger partial charge < -0.3 is 4.40 Å². The van der Waals surface area contributed by atoms with Gasteiger partial charge in [0.15, 0.2) is 6.20 Å². The van der Waals surface area contributed by atoms with E-state index in [2.05, 4.69) is 120 Å². The summed E-state index contributed by atoms with van der Waals surface area (Å²) in [7, 11) is 0.694. The zero-order valence-corrected chi connectivity index (χ0v) is 24.6. The van der Waals surface area contributed by atoms with Crippen molar-refractivity contribution in [2.75, 3.05) is 0 Å². The predicted molar refractivity (Wildman–Crippen MR) is 160 cm³/mol. The molecule has 184 valence electrons. The molecule has 0 saturated heterocycles. The normalized spacial score (nSPS) is 13.4. The van der Waals surface area contributed by atoms with E-state index < -0.39 is 8.07 Å². The van der Waals surface area contributed by atoms with Crippen molar-refractivity contribution in [1.82, 2.24) is 4.40 Å². The summed E-state index contributed by atoms with van der Waals surface area (Å²) in [6.45, 7) is 21.3. The number of pyridine rings is 2. The highest BCUT2D eigenvalue weighted by Gasteiger charge is 2.31. The minimum absolute atomic E-state index is 0.226. The van der Waals surface area contributed by atoms with Crippen molar-refractivity contribution in [2.45, 2.75) is 67.6 Å². The fourth-order valence-corrected chi connectivity index (χ4v) is 8.30. The van der Waals surface area contributed by atoms with E-state index in [0.717, 1.165) is 6.42 Å². The largest absolute Gasteiger partial charge is 0.307 e. The van der Waals surface area contributed by atoms with Crippen LogP contribution in [0.25, 0.3) is 49.0 Å². The van der Waals surface area contributed by atoms with Crippen molar-refractivity contribution in [1.29, 1.82) is 0 Å². The molecule has 36 heavy (non-hydrogen) atoms. The molecule has 0 saturated carbocycles. The second-order valence-electron chi connectivity index (χ2n) is 13.4. The van der Waals surface area contributed by atoms with Crippen molar-refractivity contribution in [3.8, 4) is 0 Å². The summed E-state index contributed by atoms with van der Waals surface area (Å²) in [4.78, 5) is 0. The molecule has 0 bridgehead atoms. The van der Waals surface area contributed by atoms with E-state index >= 15 is 0 Å². The van der Waals surface area contributed by atoms with E-state index in [1.54, 1.807) is 5.19 Å². The highest BCUT2D eigenvalue weighted by molar-refractivity contribution is 6.90. The van der Waals surface area contributed by atoms with Gasteiger partial charge in [-0.15, -0.1) is 0 Å². The second kappa shape index (κ2) is 7.32. The number of aryl methyl sites for hydroxylation is 4. The predicted octanol–water partition coefficient (Wildman–Crippen LogP) is 7.87. The van der Waals surface area contributed by atoms with Gasteiger partial charge in [0, 0.05) is 16.0 Å². The van der Waals surface area contributed by atoms with Gasteiger partial charge in [-0.2, -0.15) is 0 Å². The molecule has 0 aliphatic heterocycles.